The number of methoxy groups -OCH3 is 1. The van der Waals surface area contributed by atoms with Crippen LogP contribution in [0.4, 0.5) is 11.4 Å². The summed E-state index contributed by atoms with van der Waals surface area (Å²) in [4.78, 5) is 10.1. The molecule has 0 atom stereocenters. The minimum absolute atomic E-state index is 0.0377. The summed E-state index contributed by atoms with van der Waals surface area (Å²) in [6.45, 7) is -0.0377. The molecule has 2 aromatic carbocycles. The molecule has 0 aliphatic rings. The van der Waals surface area contributed by atoms with Crippen molar-refractivity contribution in [3.05, 3.63) is 54.6 Å². The zero-order valence-electron chi connectivity index (χ0n) is 11.2. The Morgan fingerprint density at radius 1 is 1.15 bits per heavy atom. The Morgan fingerprint density at radius 2 is 1.75 bits per heavy atom. The van der Waals surface area contributed by atoms with Gasteiger partial charge in [0.05, 0.1) is 7.11 Å². The van der Waals surface area contributed by atoms with Crippen molar-refractivity contribution in [1.82, 2.24) is 0 Å². The highest BCUT2D eigenvalue weighted by Crippen LogP contribution is 2.11. The molecule has 5 heteroatoms. The normalized spacial score (nSPS) is 9.05. The van der Waals surface area contributed by atoms with Gasteiger partial charge in [-0.1, -0.05) is 18.2 Å². The predicted molar refractivity (Wildman–Crippen MR) is 80.0 cm³/mol. The maximum absolute atomic E-state index is 10.1. The van der Waals surface area contributed by atoms with Gasteiger partial charge in [-0.05, 0) is 36.4 Å². The van der Waals surface area contributed by atoms with Crippen LogP contribution in [0.1, 0.15) is 0 Å². The second-order valence-electron chi connectivity index (χ2n) is 3.89. The molecule has 0 bridgehead atoms. The van der Waals surface area contributed by atoms with Crippen molar-refractivity contribution in [2.75, 3.05) is 24.7 Å². The van der Waals surface area contributed by atoms with Crippen molar-refractivity contribution in [3.8, 4) is 5.75 Å². The number of nitrogen functional groups attached to an aromatic ring is 1. The Labute approximate surface area is 118 Å². The molecule has 0 aromatic heterocycles. The number of anilines is 2. The molecule has 5 nitrogen and oxygen atoms in total. The number of rotatable bonds is 4. The summed E-state index contributed by atoms with van der Waals surface area (Å²) >= 11 is 0. The van der Waals surface area contributed by atoms with Crippen molar-refractivity contribution in [2.45, 2.75) is 0 Å². The lowest BCUT2D eigenvalue weighted by molar-refractivity contribution is -0.134. The van der Waals surface area contributed by atoms with Gasteiger partial charge in [0.25, 0.3) is 0 Å². The summed E-state index contributed by atoms with van der Waals surface area (Å²) in [6, 6.07) is 16.5. The van der Waals surface area contributed by atoms with Gasteiger partial charge >= 0.3 is 5.97 Å². The average molecular weight is 274 g/mol. The number of nitrogens with one attached hydrogen (secondary N) is 1. The fourth-order valence-corrected chi connectivity index (χ4v) is 1.34. The number of hydrogen-bond acceptors (Lipinski definition) is 4. The van der Waals surface area contributed by atoms with E-state index >= 15 is 0 Å². The summed E-state index contributed by atoms with van der Waals surface area (Å²) in [6.07, 6.45) is 0. The fourth-order valence-electron chi connectivity index (χ4n) is 1.34. The molecule has 106 valence electrons. The van der Waals surface area contributed by atoms with Gasteiger partial charge in [0.2, 0.25) is 0 Å². The third kappa shape index (κ3) is 6.30. The van der Waals surface area contributed by atoms with Gasteiger partial charge in [-0.25, -0.2) is 0 Å². The van der Waals surface area contributed by atoms with Crippen molar-refractivity contribution < 1.29 is 14.6 Å². The number of benzene rings is 2. The third-order valence-corrected chi connectivity index (χ3v) is 2.33. The fraction of sp³-hybridized carbons (Fsp3) is 0.133. The highest BCUT2D eigenvalue weighted by atomic mass is 16.5. The lowest BCUT2D eigenvalue weighted by atomic mass is 10.3. The molecule has 0 saturated carbocycles. The molecule has 0 aliphatic carbocycles. The molecular weight excluding hydrogens is 256 g/mol. The first-order valence-corrected chi connectivity index (χ1v) is 6.02. The second-order valence-corrected chi connectivity index (χ2v) is 3.89. The molecule has 20 heavy (non-hydrogen) atoms. The maximum Gasteiger partial charge on any atom is 0.322 e. The minimum Gasteiger partial charge on any atom is -0.497 e. The molecule has 0 saturated heterocycles. The van der Waals surface area contributed by atoms with E-state index in [1.54, 1.807) is 19.2 Å². The Balaban J connectivity index is 0.000000204. The lowest BCUT2D eigenvalue weighted by Gasteiger charge is -2.00. The first kappa shape index (κ1) is 15.4. The number of ether oxygens (including phenoxy) is 1. The second kappa shape index (κ2) is 8.42. The predicted octanol–water partition coefficient (Wildman–Crippen LogP) is 2.46. The molecule has 0 spiro atoms. The lowest BCUT2D eigenvalue weighted by Crippen LogP contribution is -2.11. The van der Waals surface area contributed by atoms with Crippen LogP contribution in [0.2, 0.25) is 0 Å². The highest BCUT2D eigenvalue weighted by Gasteiger charge is 1.94. The van der Waals surface area contributed by atoms with Crippen LogP contribution in [0.15, 0.2) is 54.6 Å². The number of aliphatic carboxylic acids is 1. The molecule has 4 N–H and O–H groups in total. The summed E-state index contributed by atoms with van der Waals surface area (Å²) in [5.74, 6) is -0.0157. The van der Waals surface area contributed by atoms with Gasteiger partial charge < -0.3 is 20.9 Å². The molecule has 0 unspecified atom stereocenters. The van der Waals surface area contributed by atoms with Crippen LogP contribution in [0.3, 0.4) is 0 Å². The molecule has 0 amide bonds. The molecule has 0 aliphatic heterocycles. The van der Waals surface area contributed by atoms with Crippen molar-refractivity contribution >= 4 is 17.3 Å². The highest BCUT2D eigenvalue weighted by molar-refractivity contribution is 5.72. The number of nitrogens with two attached hydrogens (primary N) is 1. The summed E-state index contributed by atoms with van der Waals surface area (Å²) < 4.78 is 4.91. The van der Waals surface area contributed by atoms with Crippen LogP contribution in [0.25, 0.3) is 0 Å². The van der Waals surface area contributed by atoms with Crippen LogP contribution in [-0.2, 0) is 4.79 Å². The van der Waals surface area contributed by atoms with E-state index in [2.05, 4.69) is 5.32 Å². The van der Waals surface area contributed by atoms with E-state index in [0.717, 1.165) is 17.1 Å². The van der Waals surface area contributed by atoms with Gasteiger partial charge in [-0.15, -0.1) is 0 Å². The van der Waals surface area contributed by atoms with Crippen molar-refractivity contribution in [2.24, 2.45) is 0 Å². The van der Waals surface area contributed by atoms with Crippen LogP contribution >= 0.6 is 0 Å². The number of para-hydroxylation sites is 1. The Hall–Kier alpha value is -2.69. The Kier molecular flexibility index (Phi) is 6.47. The van der Waals surface area contributed by atoms with E-state index in [4.69, 9.17) is 15.6 Å². The third-order valence-electron chi connectivity index (χ3n) is 2.33. The van der Waals surface area contributed by atoms with Crippen LogP contribution in [0, 0.1) is 0 Å². The zero-order valence-corrected chi connectivity index (χ0v) is 11.2. The standard InChI is InChI=1S/C8H9NO2.C7H9NO/c10-8(11)6-9-7-4-2-1-3-5-7;1-9-7-4-2-6(8)3-5-7/h1-5,9H,6H2,(H,10,11);2-5H,8H2,1H3. The summed E-state index contributed by atoms with van der Waals surface area (Å²) in [5, 5.41) is 11.1. The maximum atomic E-state index is 10.1. The number of carboxylic acid groups (broad SMARTS) is 1. The molecule has 0 fully saturated rings. The van der Waals surface area contributed by atoms with Crippen LogP contribution in [-0.4, -0.2) is 24.7 Å². The quantitative estimate of drug-likeness (QED) is 0.746. The van der Waals surface area contributed by atoms with E-state index in [1.165, 1.54) is 0 Å². The first-order chi connectivity index (χ1) is 9.61. The summed E-state index contributed by atoms with van der Waals surface area (Å²) in [5.41, 5.74) is 7.01. The van der Waals surface area contributed by atoms with Crippen LogP contribution < -0.4 is 15.8 Å². The topological polar surface area (TPSA) is 84.6 Å². The Morgan fingerprint density at radius 3 is 2.25 bits per heavy atom. The van der Waals surface area contributed by atoms with Gasteiger partial charge in [0.1, 0.15) is 12.3 Å². The molecule has 0 heterocycles. The SMILES string of the molecule is COc1ccc(N)cc1.O=C(O)CNc1ccccc1. The van der Waals surface area contributed by atoms with E-state index in [-0.39, 0.29) is 6.54 Å². The van der Waals surface area contributed by atoms with Crippen LogP contribution in [0.5, 0.6) is 5.75 Å². The van der Waals surface area contributed by atoms with E-state index in [0.29, 0.717) is 0 Å². The van der Waals surface area contributed by atoms with Gasteiger partial charge in [0.15, 0.2) is 0 Å². The number of carbonyl (C=O) groups is 1. The monoisotopic (exact) mass is 274 g/mol. The largest absolute Gasteiger partial charge is 0.497 e. The van der Waals surface area contributed by atoms with Gasteiger partial charge in [-0.3, -0.25) is 4.79 Å². The van der Waals surface area contributed by atoms with Crippen molar-refractivity contribution in [3.63, 3.8) is 0 Å². The molecule has 2 aromatic rings. The van der Waals surface area contributed by atoms with Gasteiger partial charge in [-0.2, -0.15) is 0 Å². The van der Waals surface area contributed by atoms with E-state index in [9.17, 15) is 4.79 Å². The molecule has 0 radical (unpaired) electrons. The minimum atomic E-state index is -0.853. The average Bonchev–Trinajstić information content (AvgIpc) is 2.48. The Bertz CT molecular complexity index is 512. The smallest absolute Gasteiger partial charge is 0.322 e. The van der Waals surface area contributed by atoms with E-state index in [1.807, 2.05) is 42.5 Å². The first-order valence-electron chi connectivity index (χ1n) is 6.02. The summed E-state index contributed by atoms with van der Waals surface area (Å²) in [7, 11) is 1.63. The van der Waals surface area contributed by atoms with Gasteiger partial charge in [0, 0.05) is 11.4 Å². The number of carboxylic acids is 1. The molecular formula is C15H18N2O3. The van der Waals surface area contributed by atoms with E-state index < -0.39 is 5.97 Å². The van der Waals surface area contributed by atoms with Crippen molar-refractivity contribution in [1.29, 1.82) is 0 Å². The molecule has 2 rings (SSSR count). The number of hydrogen-bond donors (Lipinski definition) is 3. The zero-order chi connectivity index (χ0) is 14.8.